The minimum atomic E-state index is -0.516. The lowest BCUT2D eigenvalue weighted by Crippen LogP contribution is -2.48. The van der Waals surface area contributed by atoms with Crippen molar-refractivity contribution in [2.24, 2.45) is 0 Å². The third kappa shape index (κ3) is 5.36. The zero-order valence-corrected chi connectivity index (χ0v) is 16.6. The molecule has 0 bridgehead atoms. The van der Waals surface area contributed by atoms with E-state index in [-0.39, 0.29) is 17.9 Å². The highest BCUT2D eigenvalue weighted by atomic mass is 79.9. The highest BCUT2D eigenvalue weighted by molar-refractivity contribution is 9.11. The van der Waals surface area contributed by atoms with Crippen LogP contribution in [0.4, 0.5) is 4.79 Å². The van der Waals surface area contributed by atoms with Gasteiger partial charge in [0.2, 0.25) is 0 Å². The summed E-state index contributed by atoms with van der Waals surface area (Å²) in [7, 11) is 0. The Kier molecular flexibility index (Phi) is 5.97. The molecule has 2 rings (SSSR count). The number of nitrogens with zero attached hydrogens (tertiary/aromatic N) is 1. The Hall–Kier alpha value is -0.790. The SMILES string of the molecule is CC(C)(C)OC(=O)N1CCOC(Cc2cc(Br)cc(Br)c2O)C1. The molecule has 1 aliphatic heterocycles. The lowest BCUT2D eigenvalue weighted by atomic mass is 10.1. The molecule has 1 aromatic rings. The summed E-state index contributed by atoms with van der Waals surface area (Å²) in [6.07, 6.45) is 0.0113. The minimum absolute atomic E-state index is 0.177. The summed E-state index contributed by atoms with van der Waals surface area (Å²) in [5.74, 6) is 0.200. The second kappa shape index (κ2) is 7.40. The van der Waals surface area contributed by atoms with Gasteiger partial charge in [0.05, 0.1) is 23.7 Å². The molecular formula is C16H21Br2NO4. The first-order chi connectivity index (χ1) is 10.7. The number of phenolic OH excluding ortho intramolecular Hbond substituents is 1. The van der Waals surface area contributed by atoms with Crippen LogP contribution in [-0.2, 0) is 15.9 Å². The molecule has 0 saturated carbocycles. The van der Waals surface area contributed by atoms with E-state index in [1.165, 1.54) is 0 Å². The number of rotatable bonds is 2. The van der Waals surface area contributed by atoms with Gasteiger partial charge in [-0.3, -0.25) is 0 Å². The molecule has 5 nitrogen and oxygen atoms in total. The summed E-state index contributed by atoms with van der Waals surface area (Å²) >= 11 is 6.74. The standard InChI is InChI=1S/C16H21Br2NO4/c1-16(2,3)23-15(21)19-4-5-22-12(9-19)7-10-6-11(17)8-13(18)14(10)20/h6,8,12,20H,4-5,7,9H2,1-3H3. The van der Waals surface area contributed by atoms with E-state index in [9.17, 15) is 9.90 Å². The number of phenols is 1. The second-order valence-electron chi connectivity index (χ2n) is 6.52. The van der Waals surface area contributed by atoms with Crippen LogP contribution in [-0.4, -0.2) is 47.5 Å². The molecule has 0 aliphatic carbocycles. The Morgan fingerprint density at radius 2 is 2.13 bits per heavy atom. The monoisotopic (exact) mass is 449 g/mol. The number of halogens is 2. The molecule has 1 amide bonds. The highest BCUT2D eigenvalue weighted by Gasteiger charge is 2.28. The van der Waals surface area contributed by atoms with Crippen LogP contribution in [0.25, 0.3) is 0 Å². The van der Waals surface area contributed by atoms with E-state index in [1.807, 2.05) is 26.8 Å². The van der Waals surface area contributed by atoms with Gasteiger partial charge in [0.1, 0.15) is 11.4 Å². The van der Waals surface area contributed by atoms with Crippen molar-refractivity contribution in [2.45, 2.75) is 38.9 Å². The van der Waals surface area contributed by atoms with Crippen LogP contribution in [0.3, 0.4) is 0 Å². The zero-order chi connectivity index (χ0) is 17.2. The van der Waals surface area contributed by atoms with E-state index in [0.29, 0.717) is 30.6 Å². The summed E-state index contributed by atoms with van der Waals surface area (Å²) in [5, 5.41) is 10.2. The van der Waals surface area contributed by atoms with E-state index in [2.05, 4.69) is 31.9 Å². The molecule has 1 aliphatic rings. The summed E-state index contributed by atoms with van der Waals surface area (Å²) in [5.41, 5.74) is 0.250. The van der Waals surface area contributed by atoms with Gasteiger partial charge in [0, 0.05) is 17.4 Å². The molecule has 0 spiro atoms. The van der Waals surface area contributed by atoms with Gasteiger partial charge in [-0.25, -0.2) is 4.79 Å². The van der Waals surface area contributed by atoms with Crippen molar-refractivity contribution in [3.05, 3.63) is 26.6 Å². The zero-order valence-electron chi connectivity index (χ0n) is 13.4. The number of carbonyl (C=O) groups is 1. The fraction of sp³-hybridized carbons (Fsp3) is 0.562. The first kappa shape index (κ1) is 18.5. The van der Waals surface area contributed by atoms with Crippen LogP contribution in [0.15, 0.2) is 21.1 Å². The molecule has 1 heterocycles. The Bertz CT molecular complexity index is 586. The maximum Gasteiger partial charge on any atom is 0.410 e. The molecule has 23 heavy (non-hydrogen) atoms. The van der Waals surface area contributed by atoms with Crippen LogP contribution >= 0.6 is 31.9 Å². The van der Waals surface area contributed by atoms with E-state index in [1.54, 1.807) is 11.0 Å². The van der Waals surface area contributed by atoms with E-state index in [4.69, 9.17) is 9.47 Å². The number of morpholine rings is 1. The molecule has 1 saturated heterocycles. The molecule has 7 heteroatoms. The number of amides is 1. The molecule has 1 aromatic carbocycles. The third-order valence-corrected chi connectivity index (χ3v) is 4.41. The predicted molar refractivity (Wildman–Crippen MR) is 94.8 cm³/mol. The average Bonchev–Trinajstić information content (AvgIpc) is 2.43. The third-order valence-electron chi connectivity index (χ3n) is 3.35. The maximum atomic E-state index is 12.2. The van der Waals surface area contributed by atoms with Crippen molar-refractivity contribution in [3.8, 4) is 5.75 Å². The van der Waals surface area contributed by atoms with E-state index >= 15 is 0 Å². The first-order valence-corrected chi connectivity index (χ1v) is 9.01. The number of hydrogen-bond acceptors (Lipinski definition) is 4. The van der Waals surface area contributed by atoms with E-state index in [0.717, 1.165) is 10.0 Å². The lowest BCUT2D eigenvalue weighted by Gasteiger charge is -2.34. The summed E-state index contributed by atoms with van der Waals surface area (Å²) in [6.45, 7) is 6.96. The molecule has 1 unspecified atom stereocenters. The topological polar surface area (TPSA) is 59.0 Å². The van der Waals surface area contributed by atoms with Crippen molar-refractivity contribution < 1.29 is 19.4 Å². The summed E-state index contributed by atoms with van der Waals surface area (Å²) in [6, 6.07) is 3.64. The first-order valence-electron chi connectivity index (χ1n) is 7.42. The smallest absolute Gasteiger partial charge is 0.410 e. The number of aromatic hydroxyl groups is 1. The molecule has 1 N–H and O–H groups in total. The van der Waals surface area contributed by atoms with Gasteiger partial charge in [-0.2, -0.15) is 0 Å². The summed E-state index contributed by atoms with van der Waals surface area (Å²) in [4.78, 5) is 13.8. The van der Waals surface area contributed by atoms with Gasteiger partial charge in [-0.05, 0) is 54.4 Å². The van der Waals surface area contributed by atoms with Crippen molar-refractivity contribution in [1.82, 2.24) is 4.90 Å². The largest absolute Gasteiger partial charge is 0.506 e. The maximum absolute atomic E-state index is 12.2. The predicted octanol–water partition coefficient (Wildman–Crippen LogP) is 4.10. The normalized spacial score (nSPS) is 18.8. The van der Waals surface area contributed by atoms with Gasteiger partial charge in [0.15, 0.2) is 0 Å². The molecular weight excluding hydrogens is 430 g/mol. The second-order valence-corrected chi connectivity index (χ2v) is 8.29. The van der Waals surface area contributed by atoms with Crippen LogP contribution in [0.1, 0.15) is 26.3 Å². The van der Waals surface area contributed by atoms with Crippen molar-refractivity contribution in [2.75, 3.05) is 19.7 Å². The average molecular weight is 451 g/mol. The van der Waals surface area contributed by atoms with Crippen LogP contribution < -0.4 is 0 Å². The fourth-order valence-electron chi connectivity index (χ4n) is 2.36. The fourth-order valence-corrected chi connectivity index (χ4v) is 3.67. The Morgan fingerprint density at radius 1 is 1.43 bits per heavy atom. The molecule has 128 valence electrons. The van der Waals surface area contributed by atoms with Gasteiger partial charge >= 0.3 is 6.09 Å². The van der Waals surface area contributed by atoms with Crippen molar-refractivity contribution in [1.29, 1.82) is 0 Å². The van der Waals surface area contributed by atoms with Gasteiger partial charge < -0.3 is 19.5 Å². The van der Waals surface area contributed by atoms with Crippen LogP contribution in [0.5, 0.6) is 5.75 Å². The molecule has 1 fully saturated rings. The van der Waals surface area contributed by atoms with Crippen LogP contribution in [0.2, 0.25) is 0 Å². The van der Waals surface area contributed by atoms with Crippen molar-refractivity contribution >= 4 is 38.0 Å². The number of carbonyl (C=O) groups excluding carboxylic acids is 1. The van der Waals surface area contributed by atoms with Gasteiger partial charge in [-0.15, -0.1) is 0 Å². The van der Waals surface area contributed by atoms with E-state index < -0.39 is 5.60 Å². The Labute approximate surface area is 153 Å². The molecule has 1 atom stereocenters. The molecule has 0 aromatic heterocycles. The van der Waals surface area contributed by atoms with Crippen LogP contribution in [0, 0.1) is 0 Å². The minimum Gasteiger partial charge on any atom is -0.506 e. The number of benzene rings is 1. The Balaban J connectivity index is 2.03. The number of hydrogen-bond donors (Lipinski definition) is 1. The Morgan fingerprint density at radius 3 is 2.78 bits per heavy atom. The number of ether oxygens (including phenoxy) is 2. The van der Waals surface area contributed by atoms with Crippen molar-refractivity contribution in [3.63, 3.8) is 0 Å². The quantitative estimate of drug-likeness (QED) is 0.736. The highest BCUT2D eigenvalue weighted by Crippen LogP contribution is 2.33. The lowest BCUT2D eigenvalue weighted by molar-refractivity contribution is -0.0416. The molecule has 0 radical (unpaired) electrons. The van der Waals surface area contributed by atoms with Gasteiger partial charge in [0.25, 0.3) is 0 Å². The summed E-state index contributed by atoms with van der Waals surface area (Å²) < 4.78 is 12.6. The van der Waals surface area contributed by atoms with Gasteiger partial charge in [-0.1, -0.05) is 15.9 Å².